The first-order valence-electron chi connectivity index (χ1n) is 9.80. The van der Waals surface area contributed by atoms with Gasteiger partial charge < -0.3 is 19.1 Å². The molecule has 146 valence electrons. The fourth-order valence-electron chi connectivity index (χ4n) is 3.80. The van der Waals surface area contributed by atoms with Crippen molar-refractivity contribution in [1.29, 1.82) is 0 Å². The lowest BCUT2D eigenvalue weighted by molar-refractivity contribution is -0.130. The first-order chi connectivity index (χ1) is 13.7. The number of hydrogen-bond acceptors (Lipinski definition) is 4. The molecular formula is C22H26N4O2. The minimum Gasteiger partial charge on any atom is -0.497 e. The van der Waals surface area contributed by atoms with Gasteiger partial charge in [0, 0.05) is 32.7 Å². The van der Waals surface area contributed by atoms with Gasteiger partial charge in [0.2, 0.25) is 11.9 Å². The van der Waals surface area contributed by atoms with Gasteiger partial charge in [-0.05, 0) is 36.8 Å². The summed E-state index contributed by atoms with van der Waals surface area (Å²) >= 11 is 0. The highest BCUT2D eigenvalue weighted by Gasteiger charge is 2.24. The van der Waals surface area contributed by atoms with Crippen LogP contribution in [0.5, 0.6) is 5.75 Å². The number of rotatable bonds is 5. The summed E-state index contributed by atoms with van der Waals surface area (Å²) in [6.45, 7) is 6.08. The van der Waals surface area contributed by atoms with Crippen molar-refractivity contribution in [3.05, 3.63) is 54.1 Å². The average molecular weight is 378 g/mol. The van der Waals surface area contributed by atoms with Crippen molar-refractivity contribution in [3.63, 3.8) is 0 Å². The van der Waals surface area contributed by atoms with E-state index in [0.29, 0.717) is 6.42 Å². The van der Waals surface area contributed by atoms with Crippen LogP contribution >= 0.6 is 0 Å². The molecule has 28 heavy (non-hydrogen) atoms. The molecular weight excluding hydrogens is 352 g/mol. The van der Waals surface area contributed by atoms with Crippen LogP contribution in [0.4, 0.5) is 5.95 Å². The van der Waals surface area contributed by atoms with E-state index >= 15 is 0 Å². The second-order valence-electron chi connectivity index (χ2n) is 7.04. The van der Waals surface area contributed by atoms with Gasteiger partial charge in [-0.1, -0.05) is 24.3 Å². The number of anilines is 1. The summed E-state index contributed by atoms with van der Waals surface area (Å²) in [5, 5.41) is 0. The summed E-state index contributed by atoms with van der Waals surface area (Å²) in [6.07, 6.45) is 0.428. The van der Waals surface area contributed by atoms with Gasteiger partial charge in [-0.15, -0.1) is 0 Å². The minimum absolute atomic E-state index is 0.175. The summed E-state index contributed by atoms with van der Waals surface area (Å²) in [6, 6.07) is 16.0. The van der Waals surface area contributed by atoms with Crippen molar-refractivity contribution in [2.24, 2.45) is 0 Å². The quantitative estimate of drug-likeness (QED) is 0.685. The van der Waals surface area contributed by atoms with Crippen molar-refractivity contribution in [2.45, 2.75) is 19.9 Å². The second-order valence-corrected chi connectivity index (χ2v) is 7.04. The van der Waals surface area contributed by atoms with Gasteiger partial charge in [0.1, 0.15) is 5.75 Å². The number of methoxy groups -OCH3 is 1. The molecule has 6 nitrogen and oxygen atoms in total. The summed E-state index contributed by atoms with van der Waals surface area (Å²) in [4.78, 5) is 21.8. The molecule has 0 atom stereocenters. The molecule has 1 fully saturated rings. The van der Waals surface area contributed by atoms with E-state index in [1.165, 1.54) is 0 Å². The number of aromatic nitrogens is 2. The highest BCUT2D eigenvalue weighted by molar-refractivity contribution is 5.80. The van der Waals surface area contributed by atoms with Gasteiger partial charge in [-0.25, -0.2) is 4.98 Å². The molecule has 0 N–H and O–H groups in total. The molecule has 0 spiro atoms. The van der Waals surface area contributed by atoms with E-state index in [9.17, 15) is 4.79 Å². The number of carbonyl (C=O) groups excluding carboxylic acids is 1. The molecule has 0 aliphatic carbocycles. The van der Waals surface area contributed by atoms with Crippen LogP contribution in [-0.2, 0) is 17.8 Å². The predicted octanol–water partition coefficient (Wildman–Crippen LogP) is 2.96. The van der Waals surface area contributed by atoms with Crippen molar-refractivity contribution >= 4 is 22.9 Å². The lowest BCUT2D eigenvalue weighted by Gasteiger charge is -2.35. The Morgan fingerprint density at radius 3 is 2.43 bits per heavy atom. The van der Waals surface area contributed by atoms with Gasteiger partial charge in [0.15, 0.2) is 0 Å². The maximum atomic E-state index is 12.7. The lowest BCUT2D eigenvalue weighted by atomic mass is 10.1. The lowest BCUT2D eigenvalue weighted by Crippen LogP contribution is -2.49. The van der Waals surface area contributed by atoms with Crippen molar-refractivity contribution in [2.75, 3.05) is 38.2 Å². The number of hydrogen-bond donors (Lipinski definition) is 0. The normalized spacial score (nSPS) is 14.5. The Hall–Kier alpha value is -3.02. The standard InChI is InChI=1S/C22H26N4O2/c1-3-26-20-7-5-4-6-19(20)23-22(26)25-14-12-24(13-15-25)21(27)16-17-8-10-18(28-2)11-9-17/h4-11H,3,12-16H2,1-2H3. The topological polar surface area (TPSA) is 50.6 Å². The zero-order valence-electron chi connectivity index (χ0n) is 16.5. The number of fused-ring (bicyclic) bond motifs is 1. The number of para-hydroxylation sites is 2. The van der Waals surface area contributed by atoms with Crippen LogP contribution in [0.3, 0.4) is 0 Å². The number of nitrogens with zero attached hydrogens (tertiary/aromatic N) is 4. The van der Waals surface area contributed by atoms with Gasteiger partial charge in [-0.3, -0.25) is 4.79 Å². The van der Waals surface area contributed by atoms with Crippen LogP contribution in [0.25, 0.3) is 11.0 Å². The Bertz CT molecular complexity index is 956. The molecule has 3 aromatic rings. The highest BCUT2D eigenvalue weighted by Crippen LogP contribution is 2.23. The average Bonchev–Trinajstić information content (AvgIpc) is 3.13. The molecule has 4 rings (SSSR count). The van der Waals surface area contributed by atoms with Crippen LogP contribution in [0, 0.1) is 0 Å². The van der Waals surface area contributed by atoms with Gasteiger partial charge >= 0.3 is 0 Å². The second kappa shape index (κ2) is 7.92. The van der Waals surface area contributed by atoms with E-state index in [1.807, 2.05) is 35.2 Å². The predicted molar refractivity (Wildman–Crippen MR) is 111 cm³/mol. The fourth-order valence-corrected chi connectivity index (χ4v) is 3.80. The van der Waals surface area contributed by atoms with E-state index in [4.69, 9.17) is 9.72 Å². The molecule has 6 heteroatoms. The van der Waals surface area contributed by atoms with Crippen LogP contribution in [-0.4, -0.2) is 53.6 Å². The summed E-state index contributed by atoms with van der Waals surface area (Å²) < 4.78 is 7.43. The number of amides is 1. The Labute approximate surface area is 165 Å². The first kappa shape index (κ1) is 18.3. The molecule has 1 aliphatic rings. The zero-order chi connectivity index (χ0) is 19.5. The fraction of sp³-hybridized carbons (Fsp3) is 0.364. The third kappa shape index (κ3) is 3.54. The van der Waals surface area contributed by atoms with Crippen molar-refractivity contribution in [1.82, 2.24) is 14.5 Å². The third-order valence-electron chi connectivity index (χ3n) is 5.38. The SMILES string of the molecule is CCn1c(N2CCN(C(=O)Cc3ccc(OC)cc3)CC2)nc2ccccc21. The van der Waals surface area contributed by atoms with Crippen molar-refractivity contribution in [3.8, 4) is 5.75 Å². The van der Waals surface area contributed by atoms with Gasteiger partial charge in [-0.2, -0.15) is 0 Å². The van der Waals surface area contributed by atoms with Gasteiger partial charge in [0.05, 0.1) is 24.6 Å². The zero-order valence-corrected chi connectivity index (χ0v) is 16.5. The Kier molecular flexibility index (Phi) is 5.19. The molecule has 0 bridgehead atoms. The smallest absolute Gasteiger partial charge is 0.227 e. The molecule has 1 saturated heterocycles. The summed E-state index contributed by atoms with van der Waals surface area (Å²) in [5.74, 6) is 1.99. The minimum atomic E-state index is 0.175. The van der Waals surface area contributed by atoms with E-state index in [1.54, 1.807) is 7.11 Å². The van der Waals surface area contributed by atoms with E-state index < -0.39 is 0 Å². The van der Waals surface area contributed by atoms with E-state index in [-0.39, 0.29) is 5.91 Å². The number of carbonyl (C=O) groups is 1. The summed E-state index contributed by atoms with van der Waals surface area (Å²) in [5.41, 5.74) is 3.20. The maximum Gasteiger partial charge on any atom is 0.227 e. The monoisotopic (exact) mass is 378 g/mol. The molecule has 2 aromatic carbocycles. The van der Waals surface area contributed by atoms with E-state index in [2.05, 4.69) is 34.6 Å². The van der Waals surface area contributed by atoms with Crippen molar-refractivity contribution < 1.29 is 9.53 Å². The Balaban J connectivity index is 1.41. The largest absolute Gasteiger partial charge is 0.497 e. The molecule has 1 amide bonds. The number of imidazole rings is 1. The number of benzene rings is 2. The van der Waals surface area contributed by atoms with Crippen LogP contribution in [0.1, 0.15) is 12.5 Å². The highest BCUT2D eigenvalue weighted by atomic mass is 16.5. The van der Waals surface area contributed by atoms with Crippen LogP contribution < -0.4 is 9.64 Å². The Morgan fingerprint density at radius 2 is 1.75 bits per heavy atom. The molecule has 2 heterocycles. The molecule has 0 radical (unpaired) electrons. The third-order valence-corrected chi connectivity index (χ3v) is 5.38. The number of piperazine rings is 1. The Morgan fingerprint density at radius 1 is 1.04 bits per heavy atom. The molecule has 1 aromatic heterocycles. The first-order valence-corrected chi connectivity index (χ1v) is 9.80. The molecule has 0 saturated carbocycles. The maximum absolute atomic E-state index is 12.7. The molecule has 1 aliphatic heterocycles. The van der Waals surface area contributed by atoms with Gasteiger partial charge in [0.25, 0.3) is 0 Å². The van der Waals surface area contributed by atoms with Crippen LogP contribution in [0.2, 0.25) is 0 Å². The number of ether oxygens (including phenoxy) is 1. The van der Waals surface area contributed by atoms with E-state index in [0.717, 1.165) is 61.0 Å². The molecule has 0 unspecified atom stereocenters. The van der Waals surface area contributed by atoms with Crippen LogP contribution in [0.15, 0.2) is 48.5 Å². The number of aryl methyl sites for hydroxylation is 1. The summed E-state index contributed by atoms with van der Waals surface area (Å²) in [7, 11) is 1.65.